The van der Waals surface area contributed by atoms with Crippen molar-refractivity contribution in [3.05, 3.63) is 41.6 Å². The van der Waals surface area contributed by atoms with E-state index in [1.54, 1.807) is 0 Å². The highest BCUT2D eigenvalue weighted by Gasteiger charge is 2.38. The van der Waals surface area contributed by atoms with Crippen LogP contribution < -0.4 is 15.1 Å². The molecule has 192 valence electrons. The number of ether oxygens (including phenoxy) is 2. The van der Waals surface area contributed by atoms with Gasteiger partial charge in [0.15, 0.2) is 0 Å². The third-order valence-corrected chi connectivity index (χ3v) is 8.40. The van der Waals surface area contributed by atoms with Crippen molar-refractivity contribution in [2.24, 2.45) is 5.92 Å². The maximum atomic E-state index is 14.2. The van der Waals surface area contributed by atoms with Crippen LogP contribution in [0.4, 0.5) is 22.9 Å². The minimum absolute atomic E-state index is 0.0190. The summed E-state index contributed by atoms with van der Waals surface area (Å²) in [6.07, 6.45) is 8.56. The lowest BCUT2D eigenvalue weighted by Crippen LogP contribution is -2.54. The zero-order chi connectivity index (χ0) is 24.8. The van der Waals surface area contributed by atoms with Gasteiger partial charge in [0.05, 0.1) is 48.9 Å². The third kappa shape index (κ3) is 4.37. The van der Waals surface area contributed by atoms with Gasteiger partial charge in [0.1, 0.15) is 5.82 Å². The molecule has 0 radical (unpaired) electrons. The topological polar surface area (TPSA) is 66.9 Å². The van der Waals surface area contributed by atoms with Crippen molar-refractivity contribution in [3.8, 4) is 0 Å². The number of hydrogen-bond donors (Lipinski definition) is 1. The van der Waals surface area contributed by atoms with Crippen LogP contribution in [0.2, 0.25) is 0 Å². The fourth-order valence-electron chi connectivity index (χ4n) is 6.59. The molecule has 4 fully saturated rings. The summed E-state index contributed by atoms with van der Waals surface area (Å²) in [5.41, 5.74) is 5.38. The van der Waals surface area contributed by atoms with Gasteiger partial charge in [0.2, 0.25) is 5.91 Å². The minimum Gasteiger partial charge on any atom is -0.376 e. The molecule has 5 aliphatic rings. The van der Waals surface area contributed by atoms with Crippen LogP contribution in [0, 0.1) is 12.8 Å². The van der Waals surface area contributed by atoms with Gasteiger partial charge in [-0.25, -0.2) is 4.98 Å². The van der Waals surface area contributed by atoms with E-state index in [2.05, 4.69) is 54.2 Å². The summed E-state index contributed by atoms with van der Waals surface area (Å²) in [6.45, 7) is 8.60. The molecule has 1 N–H and O–H groups in total. The van der Waals surface area contributed by atoms with Crippen molar-refractivity contribution in [1.82, 2.24) is 4.98 Å². The molecule has 2 bridgehead atoms. The minimum atomic E-state index is 0.0190. The van der Waals surface area contributed by atoms with Gasteiger partial charge in [-0.05, 0) is 83.1 Å². The smallest absolute Gasteiger partial charge is 0.230 e. The predicted molar refractivity (Wildman–Crippen MR) is 142 cm³/mol. The maximum Gasteiger partial charge on any atom is 0.230 e. The van der Waals surface area contributed by atoms with Gasteiger partial charge < -0.3 is 24.6 Å². The number of carbonyl (C=O) groups excluding carboxylic acids is 1. The van der Waals surface area contributed by atoms with E-state index in [0.717, 1.165) is 73.6 Å². The number of fused-ring (bicyclic) bond motifs is 5. The summed E-state index contributed by atoms with van der Waals surface area (Å²) in [7, 11) is 0. The number of rotatable bonds is 4. The monoisotopic (exact) mass is 490 g/mol. The number of aromatic nitrogens is 1. The first-order chi connectivity index (χ1) is 17.5. The SMILES string of the molecule is Cc1c(N2C[C@H]3CC[C@@H]2CO3)ccc2c1N(C(=O)[C@H]1CC[C@H](OC(C)C)CC1)Cc1cccnc1N2. The largest absolute Gasteiger partial charge is 0.376 e. The van der Waals surface area contributed by atoms with Crippen LogP contribution in [0.25, 0.3) is 0 Å². The lowest BCUT2D eigenvalue weighted by atomic mass is 9.86. The molecule has 2 atom stereocenters. The molecule has 5 heterocycles. The zero-order valence-corrected chi connectivity index (χ0v) is 21.7. The number of morpholine rings is 1. The Labute approximate surface area is 214 Å². The van der Waals surface area contributed by atoms with Gasteiger partial charge in [0.25, 0.3) is 0 Å². The van der Waals surface area contributed by atoms with E-state index < -0.39 is 0 Å². The Morgan fingerprint density at radius 2 is 1.97 bits per heavy atom. The fraction of sp³-hybridized carbons (Fsp3) is 0.586. The quantitative estimate of drug-likeness (QED) is 0.625. The maximum absolute atomic E-state index is 14.2. The van der Waals surface area contributed by atoms with E-state index in [0.29, 0.717) is 18.7 Å². The predicted octanol–water partition coefficient (Wildman–Crippen LogP) is 5.33. The first-order valence-corrected chi connectivity index (χ1v) is 13.7. The van der Waals surface area contributed by atoms with Crippen LogP contribution in [0.15, 0.2) is 30.5 Å². The summed E-state index contributed by atoms with van der Waals surface area (Å²) in [5, 5.41) is 3.56. The highest BCUT2D eigenvalue weighted by molar-refractivity contribution is 6.01. The van der Waals surface area contributed by atoms with E-state index in [1.807, 2.05) is 17.2 Å². The second-order valence-electron chi connectivity index (χ2n) is 11.2. The van der Waals surface area contributed by atoms with Gasteiger partial charge in [0, 0.05) is 29.9 Å². The van der Waals surface area contributed by atoms with Crippen molar-refractivity contribution in [3.63, 3.8) is 0 Å². The van der Waals surface area contributed by atoms with E-state index >= 15 is 0 Å². The summed E-state index contributed by atoms with van der Waals surface area (Å²) in [5.74, 6) is 1.08. The van der Waals surface area contributed by atoms with Crippen LogP contribution in [0.3, 0.4) is 0 Å². The highest BCUT2D eigenvalue weighted by Crippen LogP contribution is 2.44. The Kier molecular flexibility index (Phi) is 6.38. The summed E-state index contributed by atoms with van der Waals surface area (Å²) in [4.78, 5) is 23.3. The molecule has 36 heavy (non-hydrogen) atoms. The van der Waals surface area contributed by atoms with Crippen LogP contribution in [0.5, 0.6) is 0 Å². The fourth-order valence-corrected chi connectivity index (χ4v) is 6.59. The van der Waals surface area contributed by atoms with Crippen molar-refractivity contribution in [1.29, 1.82) is 0 Å². The average Bonchev–Trinajstić information content (AvgIpc) is 3.06. The molecule has 1 saturated carbocycles. The first-order valence-electron chi connectivity index (χ1n) is 13.7. The molecule has 1 aromatic carbocycles. The van der Waals surface area contributed by atoms with E-state index in [1.165, 1.54) is 12.1 Å². The number of benzene rings is 1. The highest BCUT2D eigenvalue weighted by atomic mass is 16.5. The number of nitrogens with zero attached hydrogens (tertiary/aromatic N) is 3. The molecule has 7 rings (SSSR count). The normalized spacial score (nSPS) is 27.3. The van der Waals surface area contributed by atoms with Gasteiger partial charge >= 0.3 is 0 Å². The van der Waals surface area contributed by atoms with E-state index in [4.69, 9.17) is 9.47 Å². The molecule has 0 unspecified atom stereocenters. The molecule has 7 heteroatoms. The molecule has 7 nitrogen and oxygen atoms in total. The lowest BCUT2D eigenvalue weighted by Gasteiger charge is -2.47. The van der Waals surface area contributed by atoms with Crippen LogP contribution in [-0.4, -0.2) is 48.4 Å². The van der Waals surface area contributed by atoms with Crippen molar-refractivity contribution >= 4 is 28.8 Å². The molecule has 1 aliphatic carbocycles. The number of amides is 1. The van der Waals surface area contributed by atoms with E-state index in [9.17, 15) is 4.79 Å². The van der Waals surface area contributed by atoms with E-state index in [-0.39, 0.29) is 24.0 Å². The first kappa shape index (κ1) is 23.7. The molecule has 0 spiro atoms. The molecule has 3 saturated heterocycles. The average molecular weight is 491 g/mol. The third-order valence-electron chi connectivity index (χ3n) is 8.40. The number of nitrogens with one attached hydrogen (secondary N) is 1. The van der Waals surface area contributed by atoms with Gasteiger partial charge in [-0.3, -0.25) is 4.79 Å². The van der Waals surface area contributed by atoms with Crippen molar-refractivity contribution in [2.75, 3.05) is 28.3 Å². The number of piperidine rings is 1. The van der Waals surface area contributed by atoms with Crippen LogP contribution >= 0.6 is 0 Å². The lowest BCUT2D eigenvalue weighted by molar-refractivity contribution is -0.124. The Hall–Kier alpha value is -2.64. The van der Waals surface area contributed by atoms with Crippen molar-refractivity contribution < 1.29 is 14.3 Å². The molecular formula is C29H38N4O3. The van der Waals surface area contributed by atoms with Gasteiger partial charge in [-0.15, -0.1) is 0 Å². The molecule has 4 aliphatic heterocycles. The second-order valence-corrected chi connectivity index (χ2v) is 11.2. The van der Waals surface area contributed by atoms with Crippen LogP contribution in [-0.2, 0) is 20.8 Å². The van der Waals surface area contributed by atoms with Gasteiger partial charge in [-0.2, -0.15) is 0 Å². The summed E-state index contributed by atoms with van der Waals surface area (Å²) in [6, 6.07) is 8.79. The molecule has 1 amide bonds. The Balaban J connectivity index is 1.34. The number of carbonyl (C=O) groups is 1. The van der Waals surface area contributed by atoms with Crippen molar-refractivity contribution in [2.45, 2.75) is 90.2 Å². The number of anilines is 4. The molecular weight excluding hydrogens is 452 g/mol. The van der Waals surface area contributed by atoms with Gasteiger partial charge in [-0.1, -0.05) is 6.07 Å². The Bertz CT molecular complexity index is 1120. The Morgan fingerprint density at radius 3 is 2.67 bits per heavy atom. The number of pyridine rings is 1. The standard InChI is InChI=1S/C29H38N4O3/c1-18(2)36-23-9-6-20(7-10-23)29(34)33-15-21-5-4-14-30-28(21)31-25-12-13-26(19(3)27(25)33)32-16-24-11-8-22(32)17-35-24/h4-5,12-14,18,20,22-24H,6-11,15-17H2,1-3H3,(H,30,31)/t20-,22-,23-,24-/m1/s1. The zero-order valence-electron chi connectivity index (χ0n) is 21.7. The summed E-state index contributed by atoms with van der Waals surface area (Å²) < 4.78 is 12.0. The number of hydrogen-bond acceptors (Lipinski definition) is 6. The van der Waals surface area contributed by atoms with Crippen LogP contribution in [0.1, 0.15) is 63.5 Å². The Morgan fingerprint density at radius 1 is 1.14 bits per heavy atom. The molecule has 2 aromatic rings. The molecule has 1 aromatic heterocycles. The summed E-state index contributed by atoms with van der Waals surface area (Å²) >= 11 is 0. The second kappa shape index (κ2) is 9.67.